The number of fused-ring (bicyclic) bond motifs is 7. The van der Waals surface area contributed by atoms with Crippen LogP contribution in [0.25, 0.3) is 98.4 Å². The topological polar surface area (TPSA) is 13.1 Å². The predicted molar refractivity (Wildman–Crippen MR) is 200 cm³/mol. The average Bonchev–Trinajstić information content (AvgIpc) is 3.59. The Morgan fingerprint density at radius 3 is 1.62 bits per heavy atom. The van der Waals surface area contributed by atoms with Crippen molar-refractivity contribution in [3.05, 3.63) is 170 Å². The quantitative estimate of drug-likeness (QED) is 0.183. The first-order valence-electron chi connectivity index (χ1n) is 19.5. The fourth-order valence-electron chi connectivity index (χ4n) is 7.29. The van der Waals surface area contributed by atoms with E-state index in [0.717, 1.165) is 43.4 Å². The van der Waals surface area contributed by atoms with E-state index < -0.39 is 24.2 Å². The normalized spacial score (nSPS) is 14.2. The summed E-state index contributed by atoms with van der Waals surface area (Å²) in [4.78, 5) is 0. The number of benzene rings is 9. The van der Waals surface area contributed by atoms with Crippen molar-refractivity contribution in [3.8, 4) is 33.4 Å². The molecule has 0 aliphatic carbocycles. The third-order valence-corrected chi connectivity index (χ3v) is 9.31. The van der Waals surface area contributed by atoms with E-state index in [1.807, 2.05) is 78.9 Å². The highest BCUT2D eigenvalue weighted by atomic mass is 16.3. The molecule has 10 aromatic rings. The van der Waals surface area contributed by atoms with Crippen molar-refractivity contribution < 1.29 is 15.4 Å². The zero-order valence-electron chi connectivity index (χ0n) is 33.0. The van der Waals surface area contributed by atoms with E-state index in [1.165, 1.54) is 0 Å². The molecule has 0 radical (unpaired) electrons. The summed E-state index contributed by atoms with van der Waals surface area (Å²) in [5.74, 6) is 0. The lowest BCUT2D eigenvalue weighted by Crippen LogP contribution is -1.92. The minimum atomic E-state index is -0.434. The highest BCUT2D eigenvalue weighted by Crippen LogP contribution is 2.47. The van der Waals surface area contributed by atoms with Crippen LogP contribution < -0.4 is 0 Å². The van der Waals surface area contributed by atoms with Crippen LogP contribution in [0, 0.1) is 0 Å². The molecule has 0 saturated carbocycles. The van der Waals surface area contributed by atoms with E-state index in [-0.39, 0.29) is 45.7 Å². The zero-order valence-corrected chi connectivity index (χ0v) is 25.0. The zero-order chi connectivity index (χ0) is 37.9. The minimum Gasteiger partial charge on any atom is -0.456 e. The van der Waals surface area contributed by atoms with E-state index in [2.05, 4.69) is 30.3 Å². The Morgan fingerprint density at radius 2 is 0.872 bits per heavy atom. The molecule has 0 aliphatic heterocycles. The first kappa shape index (κ1) is 19.4. The second-order valence-electron chi connectivity index (χ2n) is 11.8. The first-order valence-corrected chi connectivity index (χ1v) is 15.5. The van der Waals surface area contributed by atoms with Crippen molar-refractivity contribution in [2.75, 3.05) is 0 Å². The molecule has 1 nitrogen and oxygen atoms in total. The third kappa shape index (κ3) is 3.90. The summed E-state index contributed by atoms with van der Waals surface area (Å²) >= 11 is 0. The van der Waals surface area contributed by atoms with Gasteiger partial charge in [0.25, 0.3) is 0 Å². The van der Waals surface area contributed by atoms with E-state index >= 15 is 0 Å². The van der Waals surface area contributed by atoms with Crippen molar-refractivity contribution in [1.82, 2.24) is 0 Å². The Morgan fingerprint density at radius 1 is 0.362 bits per heavy atom. The standard InChI is InChI=1S/C46H28O/c1-2-14-31-29(12-1)13-9-20-32(31)33-21-10-23-35-34(33)22-11-24-37(35)46-40-18-5-3-16-38(40)45(39-17-4-6-19-41(39)46)30-26-27-44-42(28-30)36-15-7-8-25-43(36)47-44/h1-28H/i3D,4D,5D,6D,16D,17D,18D,19D. The van der Waals surface area contributed by atoms with Gasteiger partial charge in [-0.05, 0) is 94.7 Å². The lowest BCUT2D eigenvalue weighted by molar-refractivity contribution is 0.669. The second-order valence-corrected chi connectivity index (χ2v) is 11.8. The summed E-state index contributed by atoms with van der Waals surface area (Å²) in [6, 6.07) is 36.3. The molecule has 10 rings (SSSR count). The van der Waals surface area contributed by atoms with Gasteiger partial charge in [-0.3, -0.25) is 0 Å². The van der Waals surface area contributed by atoms with Gasteiger partial charge in [-0.15, -0.1) is 0 Å². The van der Waals surface area contributed by atoms with E-state index in [4.69, 9.17) is 9.90 Å². The molecule has 0 saturated heterocycles. The van der Waals surface area contributed by atoms with Gasteiger partial charge in [0.05, 0.1) is 11.0 Å². The maximum absolute atomic E-state index is 9.46. The van der Waals surface area contributed by atoms with Crippen LogP contribution in [0.15, 0.2) is 174 Å². The van der Waals surface area contributed by atoms with Crippen LogP contribution in [0.3, 0.4) is 0 Å². The van der Waals surface area contributed by atoms with Gasteiger partial charge in [-0.25, -0.2) is 0 Å². The van der Waals surface area contributed by atoms with Crippen LogP contribution >= 0.6 is 0 Å². The van der Waals surface area contributed by atoms with Crippen LogP contribution in [0.1, 0.15) is 11.0 Å². The van der Waals surface area contributed by atoms with Gasteiger partial charge < -0.3 is 4.42 Å². The molecule has 0 bridgehead atoms. The molecule has 47 heavy (non-hydrogen) atoms. The lowest BCUT2D eigenvalue weighted by atomic mass is 9.84. The first-order chi connectivity index (χ1) is 26.7. The molecule has 1 heterocycles. The third-order valence-electron chi connectivity index (χ3n) is 9.31. The van der Waals surface area contributed by atoms with Gasteiger partial charge in [0.15, 0.2) is 0 Å². The number of hydrogen-bond donors (Lipinski definition) is 0. The maximum atomic E-state index is 9.46. The van der Waals surface area contributed by atoms with Crippen LogP contribution in [0.5, 0.6) is 0 Å². The SMILES string of the molecule is [2H]c1c([2H])c([2H])c2c(-c3cccc4c(-c5cccc6ccccc56)cccc34)c3c([2H])c([2H])c([2H])c([2H])c3c(-c3ccc4oc5ccccc5c4c3)c2c1[2H]. The number of furan rings is 1. The van der Waals surface area contributed by atoms with Gasteiger partial charge in [0.1, 0.15) is 11.2 Å². The average molecular weight is 605 g/mol. The Kier molecular flexibility index (Phi) is 4.19. The van der Waals surface area contributed by atoms with Crippen LogP contribution in [-0.2, 0) is 0 Å². The van der Waals surface area contributed by atoms with Crippen LogP contribution in [-0.4, -0.2) is 0 Å². The van der Waals surface area contributed by atoms with Gasteiger partial charge in [0.2, 0.25) is 0 Å². The molecule has 0 fully saturated rings. The highest BCUT2D eigenvalue weighted by molar-refractivity contribution is 6.24. The van der Waals surface area contributed by atoms with Gasteiger partial charge in [0, 0.05) is 10.8 Å². The van der Waals surface area contributed by atoms with Crippen molar-refractivity contribution >= 4 is 65.0 Å². The molecular weight excluding hydrogens is 569 g/mol. The summed E-state index contributed by atoms with van der Waals surface area (Å²) in [5.41, 5.74) is 5.04. The fraction of sp³-hybridized carbons (Fsp3) is 0. The summed E-state index contributed by atoms with van der Waals surface area (Å²) in [6.07, 6.45) is 0. The van der Waals surface area contributed by atoms with E-state index in [1.54, 1.807) is 12.1 Å². The molecule has 0 spiro atoms. The van der Waals surface area contributed by atoms with E-state index in [0.29, 0.717) is 33.4 Å². The molecule has 218 valence electrons. The lowest BCUT2D eigenvalue weighted by Gasteiger charge is -2.19. The summed E-state index contributed by atoms with van der Waals surface area (Å²) < 4.78 is 79.4. The van der Waals surface area contributed by atoms with Crippen molar-refractivity contribution in [1.29, 1.82) is 0 Å². The largest absolute Gasteiger partial charge is 0.456 e. The smallest absolute Gasteiger partial charge is 0.135 e. The highest BCUT2D eigenvalue weighted by Gasteiger charge is 2.19. The molecule has 0 aliphatic rings. The second kappa shape index (κ2) is 10.2. The predicted octanol–water partition coefficient (Wildman–Crippen LogP) is 13.2. The number of rotatable bonds is 3. The van der Waals surface area contributed by atoms with Gasteiger partial charge >= 0.3 is 0 Å². The summed E-state index contributed by atoms with van der Waals surface area (Å²) in [6.45, 7) is 0. The molecular formula is C46H28O. The monoisotopic (exact) mass is 604 g/mol. The number of hydrogen-bond acceptors (Lipinski definition) is 1. The minimum absolute atomic E-state index is 0.174. The van der Waals surface area contributed by atoms with Gasteiger partial charge in [-0.2, -0.15) is 0 Å². The Hall–Kier alpha value is -6.18. The van der Waals surface area contributed by atoms with Crippen molar-refractivity contribution in [3.63, 3.8) is 0 Å². The molecule has 0 atom stereocenters. The molecule has 0 unspecified atom stereocenters. The maximum Gasteiger partial charge on any atom is 0.135 e. The molecule has 0 N–H and O–H groups in total. The van der Waals surface area contributed by atoms with Gasteiger partial charge in [-0.1, -0.05) is 151 Å². The van der Waals surface area contributed by atoms with Crippen LogP contribution in [0.4, 0.5) is 0 Å². The Labute approximate surface area is 283 Å². The molecule has 9 aromatic carbocycles. The number of para-hydroxylation sites is 1. The summed E-state index contributed by atoms with van der Waals surface area (Å²) in [7, 11) is 0. The summed E-state index contributed by atoms with van der Waals surface area (Å²) in [5, 5.41) is 6.16. The van der Waals surface area contributed by atoms with Crippen molar-refractivity contribution in [2.24, 2.45) is 0 Å². The van der Waals surface area contributed by atoms with Crippen molar-refractivity contribution in [2.45, 2.75) is 0 Å². The Bertz CT molecular complexity index is 3220. The Balaban J connectivity index is 1.41. The fourth-order valence-corrected chi connectivity index (χ4v) is 7.29. The molecule has 0 amide bonds. The molecule has 1 aromatic heterocycles. The molecule has 1 heteroatoms. The van der Waals surface area contributed by atoms with E-state index in [9.17, 15) is 5.48 Å². The van der Waals surface area contributed by atoms with Crippen LogP contribution in [0.2, 0.25) is 0 Å².